The maximum Gasteiger partial charge on any atom is 0.253 e. The van der Waals surface area contributed by atoms with Crippen molar-refractivity contribution in [2.75, 3.05) is 4.90 Å². The summed E-state index contributed by atoms with van der Waals surface area (Å²) in [4.78, 5) is 33.8. The van der Waals surface area contributed by atoms with Crippen LogP contribution in [-0.4, -0.2) is 27.8 Å². The summed E-state index contributed by atoms with van der Waals surface area (Å²) < 4.78 is 14.7. The summed E-state index contributed by atoms with van der Waals surface area (Å²) in [5.41, 5.74) is 2.62. The Hall–Kier alpha value is -3.61. The molecule has 0 atom stereocenters. The number of carbonyl (C=O) groups is 2. The maximum atomic E-state index is 14.7. The van der Waals surface area contributed by atoms with Gasteiger partial charge in [-0.1, -0.05) is 12.1 Å². The van der Waals surface area contributed by atoms with Gasteiger partial charge in [0.15, 0.2) is 0 Å². The lowest BCUT2D eigenvalue weighted by atomic mass is 10.1. The Morgan fingerprint density at radius 1 is 1.13 bits per heavy atom. The van der Waals surface area contributed by atoms with Crippen molar-refractivity contribution in [3.8, 4) is 11.3 Å². The molecule has 0 spiro atoms. The summed E-state index contributed by atoms with van der Waals surface area (Å²) >= 11 is 0. The number of hydrogen-bond donors (Lipinski definition) is 1. The van der Waals surface area contributed by atoms with Crippen LogP contribution in [0.15, 0.2) is 61.1 Å². The predicted molar refractivity (Wildman–Crippen MR) is 113 cm³/mol. The molecular weight excluding hydrogens is 383 g/mol. The van der Waals surface area contributed by atoms with E-state index in [4.69, 9.17) is 0 Å². The highest BCUT2D eigenvalue weighted by Gasteiger charge is 2.19. The first kappa shape index (κ1) is 21.1. The van der Waals surface area contributed by atoms with Crippen molar-refractivity contribution in [2.24, 2.45) is 0 Å². The van der Waals surface area contributed by atoms with Gasteiger partial charge in [-0.25, -0.2) is 4.39 Å². The molecule has 0 aliphatic carbocycles. The van der Waals surface area contributed by atoms with Gasteiger partial charge in [-0.15, -0.1) is 0 Å². The Morgan fingerprint density at radius 3 is 2.50 bits per heavy atom. The van der Waals surface area contributed by atoms with Crippen LogP contribution in [0, 0.1) is 5.82 Å². The van der Waals surface area contributed by atoms with E-state index < -0.39 is 5.82 Å². The Balaban J connectivity index is 1.73. The second kappa shape index (κ2) is 9.26. The van der Waals surface area contributed by atoms with Crippen LogP contribution in [0.4, 0.5) is 10.1 Å². The molecule has 2 aromatic heterocycles. The molecule has 0 saturated heterocycles. The zero-order valence-corrected chi connectivity index (χ0v) is 17.1. The van der Waals surface area contributed by atoms with E-state index in [0.29, 0.717) is 23.4 Å². The van der Waals surface area contributed by atoms with E-state index >= 15 is 0 Å². The number of pyridine rings is 2. The SMILES string of the molecule is CC(=O)N(c1ccc(-c2ccc(C(=O)NCc3cccnc3)cn2)cc1F)C(C)C. The normalized spacial score (nSPS) is 10.7. The Labute approximate surface area is 174 Å². The minimum absolute atomic E-state index is 0.162. The Bertz CT molecular complexity index is 1040. The van der Waals surface area contributed by atoms with Gasteiger partial charge in [0.05, 0.1) is 16.9 Å². The minimum Gasteiger partial charge on any atom is -0.348 e. The van der Waals surface area contributed by atoms with Crippen molar-refractivity contribution >= 4 is 17.5 Å². The molecule has 7 heteroatoms. The molecule has 0 aliphatic rings. The van der Waals surface area contributed by atoms with E-state index in [9.17, 15) is 14.0 Å². The van der Waals surface area contributed by atoms with Gasteiger partial charge in [0, 0.05) is 43.7 Å². The average molecular weight is 406 g/mol. The van der Waals surface area contributed by atoms with Crippen molar-refractivity contribution in [3.05, 3.63) is 78.0 Å². The first-order valence-corrected chi connectivity index (χ1v) is 9.59. The first-order chi connectivity index (χ1) is 14.4. The lowest BCUT2D eigenvalue weighted by Gasteiger charge is -2.26. The molecule has 0 fully saturated rings. The van der Waals surface area contributed by atoms with Crippen LogP contribution in [-0.2, 0) is 11.3 Å². The van der Waals surface area contributed by atoms with E-state index in [-0.39, 0.29) is 23.5 Å². The van der Waals surface area contributed by atoms with Crippen LogP contribution < -0.4 is 10.2 Å². The van der Waals surface area contributed by atoms with Crippen molar-refractivity contribution < 1.29 is 14.0 Å². The summed E-state index contributed by atoms with van der Waals surface area (Å²) in [6, 6.07) is 11.5. The summed E-state index contributed by atoms with van der Waals surface area (Å²) in [5, 5.41) is 2.81. The number of benzene rings is 1. The second-order valence-corrected chi connectivity index (χ2v) is 7.13. The van der Waals surface area contributed by atoms with Gasteiger partial charge >= 0.3 is 0 Å². The van der Waals surface area contributed by atoms with Gasteiger partial charge in [-0.2, -0.15) is 0 Å². The van der Waals surface area contributed by atoms with E-state index in [1.165, 1.54) is 24.1 Å². The Kier molecular flexibility index (Phi) is 6.51. The number of carbonyl (C=O) groups excluding carboxylic acids is 2. The van der Waals surface area contributed by atoms with Crippen molar-refractivity contribution in [1.29, 1.82) is 0 Å². The molecule has 0 bridgehead atoms. The predicted octanol–water partition coefficient (Wildman–Crippen LogP) is 3.97. The molecule has 3 aromatic rings. The number of nitrogens with zero attached hydrogens (tertiary/aromatic N) is 3. The maximum absolute atomic E-state index is 14.7. The number of hydrogen-bond acceptors (Lipinski definition) is 4. The molecule has 2 heterocycles. The molecular formula is C23H23FN4O2. The zero-order chi connectivity index (χ0) is 21.7. The lowest BCUT2D eigenvalue weighted by Crippen LogP contribution is -2.35. The number of nitrogens with one attached hydrogen (secondary N) is 1. The number of halogens is 1. The highest BCUT2D eigenvalue weighted by atomic mass is 19.1. The molecule has 154 valence electrons. The van der Waals surface area contributed by atoms with Gasteiger partial charge in [0.1, 0.15) is 5.82 Å². The molecule has 6 nitrogen and oxygen atoms in total. The topological polar surface area (TPSA) is 75.2 Å². The van der Waals surface area contributed by atoms with Gasteiger partial charge in [0.2, 0.25) is 5.91 Å². The Morgan fingerprint density at radius 2 is 1.93 bits per heavy atom. The fourth-order valence-corrected chi connectivity index (χ4v) is 3.16. The highest BCUT2D eigenvalue weighted by Crippen LogP contribution is 2.27. The fraction of sp³-hybridized carbons (Fsp3) is 0.217. The van der Waals surface area contributed by atoms with Gasteiger partial charge in [-0.3, -0.25) is 19.6 Å². The quantitative estimate of drug-likeness (QED) is 0.672. The summed E-state index contributed by atoms with van der Waals surface area (Å²) in [5.74, 6) is -0.985. The molecule has 1 N–H and O–H groups in total. The molecule has 2 amide bonds. The molecule has 0 saturated carbocycles. The van der Waals surface area contributed by atoms with Gasteiger partial charge in [0.25, 0.3) is 5.91 Å². The van der Waals surface area contributed by atoms with Crippen LogP contribution in [0.1, 0.15) is 36.7 Å². The van der Waals surface area contributed by atoms with Crippen molar-refractivity contribution in [1.82, 2.24) is 15.3 Å². The third-order valence-electron chi connectivity index (χ3n) is 4.56. The van der Waals surface area contributed by atoms with Crippen LogP contribution in [0.2, 0.25) is 0 Å². The number of rotatable bonds is 6. The molecule has 0 aliphatic heterocycles. The lowest BCUT2D eigenvalue weighted by molar-refractivity contribution is -0.116. The molecule has 0 radical (unpaired) electrons. The van der Waals surface area contributed by atoms with Crippen LogP contribution >= 0.6 is 0 Å². The van der Waals surface area contributed by atoms with Crippen LogP contribution in [0.3, 0.4) is 0 Å². The third-order valence-corrected chi connectivity index (χ3v) is 4.56. The monoisotopic (exact) mass is 406 g/mol. The van der Waals surface area contributed by atoms with E-state index in [1.807, 2.05) is 19.9 Å². The average Bonchev–Trinajstić information content (AvgIpc) is 2.73. The standard InChI is InChI=1S/C23H23FN4O2/c1-15(2)28(16(3)29)22-9-7-18(11-20(22)24)21-8-6-19(14-26-21)23(30)27-13-17-5-4-10-25-12-17/h4-12,14-15H,13H2,1-3H3,(H,27,30). The van der Waals surface area contributed by atoms with Crippen molar-refractivity contribution in [2.45, 2.75) is 33.4 Å². The smallest absolute Gasteiger partial charge is 0.253 e. The number of amides is 2. The minimum atomic E-state index is -0.503. The van der Waals surface area contributed by atoms with E-state index in [2.05, 4.69) is 15.3 Å². The first-order valence-electron chi connectivity index (χ1n) is 9.59. The van der Waals surface area contributed by atoms with Crippen molar-refractivity contribution in [3.63, 3.8) is 0 Å². The third kappa shape index (κ3) is 4.86. The second-order valence-electron chi connectivity index (χ2n) is 7.13. The largest absolute Gasteiger partial charge is 0.348 e. The molecule has 1 aromatic carbocycles. The molecule has 0 unspecified atom stereocenters. The molecule has 30 heavy (non-hydrogen) atoms. The van der Waals surface area contributed by atoms with Crippen LogP contribution in [0.25, 0.3) is 11.3 Å². The van der Waals surface area contributed by atoms with Crippen LogP contribution in [0.5, 0.6) is 0 Å². The van der Waals surface area contributed by atoms with Gasteiger partial charge < -0.3 is 10.2 Å². The highest BCUT2D eigenvalue weighted by molar-refractivity contribution is 5.94. The van der Waals surface area contributed by atoms with E-state index in [1.54, 1.807) is 42.7 Å². The molecule has 3 rings (SSSR count). The number of anilines is 1. The summed E-state index contributed by atoms with van der Waals surface area (Å²) in [6.07, 6.45) is 4.81. The fourth-order valence-electron chi connectivity index (χ4n) is 3.16. The zero-order valence-electron chi connectivity index (χ0n) is 17.1. The van der Waals surface area contributed by atoms with E-state index in [0.717, 1.165) is 5.56 Å². The summed E-state index contributed by atoms with van der Waals surface area (Å²) in [7, 11) is 0. The number of aromatic nitrogens is 2. The summed E-state index contributed by atoms with van der Waals surface area (Å²) in [6.45, 7) is 5.43. The van der Waals surface area contributed by atoms with Gasteiger partial charge in [-0.05, 0) is 49.7 Å².